The van der Waals surface area contributed by atoms with Crippen LogP contribution >= 0.6 is 22.6 Å². The zero-order valence-electron chi connectivity index (χ0n) is 9.26. The highest BCUT2D eigenvalue weighted by Crippen LogP contribution is 2.35. The summed E-state index contributed by atoms with van der Waals surface area (Å²) in [6.07, 6.45) is 1.25. The van der Waals surface area contributed by atoms with Crippen LogP contribution in [0, 0.1) is 8.99 Å². The van der Waals surface area contributed by atoms with E-state index in [1.54, 1.807) is 0 Å². The molecule has 15 heavy (non-hydrogen) atoms. The lowest BCUT2D eigenvalue weighted by Crippen LogP contribution is -2.23. The molecule has 1 heterocycles. The summed E-state index contributed by atoms with van der Waals surface area (Å²) in [6, 6.07) is 6.30. The highest BCUT2D eigenvalue weighted by atomic mass is 127. The number of nitrogen functional groups attached to an aromatic ring is 1. The smallest absolute Gasteiger partial charge is 0.0600 e. The second-order valence-corrected chi connectivity index (χ2v) is 6.28. The van der Waals surface area contributed by atoms with Crippen LogP contribution in [0.15, 0.2) is 18.2 Å². The normalized spacial score (nSPS) is 19.5. The van der Waals surface area contributed by atoms with E-state index in [0.717, 1.165) is 18.8 Å². The van der Waals surface area contributed by atoms with Crippen LogP contribution in [-0.2, 0) is 0 Å². The number of hydrogen-bond donors (Lipinski definition) is 1. The standard InChI is InChI=1S/C12H17IN2/c1-12(2)5-6-15(8-12)11-4-3-9(13)7-10(11)14/h3-4,7H,5-6,8,14H2,1-2H3. The Morgan fingerprint density at radius 3 is 2.67 bits per heavy atom. The van der Waals surface area contributed by atoms with Crippen molar-refractivity contribution in [3.8, 4) is 0 Å². The molecule has 2 nitrogen and oxygen atoms in total. The topological polar surface area (TPSA) is 29.3 Å². The van der Waals surface area contributed by atoms with Gasteiger partial charge in [0, 0.05) is 16.7 Å². The first-order chi connectivity index (χ1) is 6.98. The van der Waals surface area contributed by atoms with Crippen molar-refractivity contribution in [1.29, 1.82) is 0 Å². The molecule has 3 heteroatoms. The lowest BCUT2D eigenvalue weighted by Gasteiger charge is -2.23. The van der Waals surface area contributed by atoms with E-state index in [1.165, 1.54) is 15.7 Å². The summed E-state index contributed by atoms with van der Waals surface area (Å²) in [7, 11) is 0. The molecule has 0 amide bonds. The summed E-state index contributed by atoms with van der Waals surface area (Å²) in [6.45, 7) is 6.86. The van der Waals surface area contributed by atoms with Gasteiger partial charge in [0.1, 0.15) is 0 Å². The second-order valence-electron chi connectivity index (χ2n) is 5.04. The van der Waals surface area contributed by atoms with E-state index in [1.807, 2.05) is 6.07 Å². The van der Waals surface area contributed by atoms with Crippen LogP contribution in [0.1, 0.15) is 20.3 Å². The molecule has 0 unspecified atom stereocenters. The van der Waals surface area contributed by atoms with Gasteiger partial charge < -0.3 is 10.6 Å². The monoisotopic (exact) mass is 316 g/mol. The maximum atomic E-state index is 6.04. The van der Waals surface area contributed by atoms with E-state index in [9.17, 15) is 0 Å². The average molecular weight is 316 g/mol. The minimum Gasteiger partial charge on any atom is -0.397 e. The summed E-state index contributed by atoms with van der Waals surface area (Å²) in [5.74, 6) is 0. The molecule has 1 aliphatic rings. The highest BCUT2D eigenvalue weighted by Gasteiger charge is 2.29. The third kappa shape index (κ3) is 2.38. The molecule has 0 aromatic heterocycles. The predicted octanol–water partition coefficient (Wildman–Crippen LogP) is 3.11. The molecule has 1 saturated heterocycles. The van der Waals surface area contributed by atoms with Crippen LogP contribution < -0.4 is 10.6 Å². The fraction of sp³-hybridized carbons (Fsp3) is 0.500. The summed E-state index contributed by atoms with van der Waals surface area (Å²) in [5.41, 5.74) is 8.57. The fourth-order valence-corrected chi connectivity index (χ4v) is 2.65. The van der Waals surface area contributed by atoms with Crippen LogP contribution in [0.25, 0.3) is 0 Å². The largest absolute Gasteiger partial charge is 0.397 e. The van der Waals surface area contributed by atoms with Gasteiger partial charge in [0.15, 0.2) is 0 Å². The Labute approximate surface area is 105 Å². The Bertz CT molecular complexity index is 374. The van der Waals surface area contributed by atoms with Crippen molar-refractivity contribution in [3.05, 3.63) is 21.8 Å². The van der Waals surface area contributed by atoms with Gasteiger partial charge in [-0.1, -0.05) is 13.8 Å². The number of halogens is 1. The Hall–Kier alpha value is -0.450. The average Bonchev–Trinajstić information content (AvgIpc) is 2.46. The molecule has 82 valence electrons. The first kappa shape index (κ1) is 11.0. The van der Waals surface area contributed by atoms with E-state index >= 15 is 0 Å². The zero-order chi connectivity index (χ0) is 11.1. The SMILES string of the molecule is CC1(C)CCN(c2ccc(I)cc2N)C1. The maximum absolute atomic E-state index is 6.04. The second kappa shape index (κ2) is 3.85. The van der Waals surface area contributed by atoms with Crippen molar-refractivity contribution in [2.75, 3.05) is 23.7 Å². The maximum Gasteiger partial charge on any atom is 0.0600 e. The molecule has 1 aromatic rings. The molecular formula is C12H17IN2. The van der Waals surface area contributed by atoms with Gasteiger partial charge in [-0.3, -0.25) is 0 Å². The Balaban J connectivity index is 2.24. The first-order valence-corrected chi connectivity index (χ1v) is 6.36. The molecule has 2 rings (SSSR count). The van der Waals surface area contributed by atoms with Gasteiger partial charge in [-0.2, -0.15) is 0 Å². The molecule has 0 bridgehead atoms. The van der Waals surface area contributed by atoms with E-state index in [-0.39, 0.29) is 0 Å². The minimum atomic E-state index is 0.426. The molecule has 1 fully saturated rings. The van der Waals surface area contributed by atoms with Crippen LogP contribution in [0.4, 0.5) is 11.4 Å². The molecule has 2 N–H and O–H groups in total. The Morgan fingerprint density at radius 2 is 2.13 bits per heavy atom. The summed E-state index contributed by atoms with van der Waals surface area (Å²) < 4.78 is 1.20. The summed E-state index contributed by atoms with van der Waals surface area (Å²) in [5, 5.41) is 0. The molecular weight excluding hydrogens is 299 g/mol. The number of hydrogen-bond acceptors (Lipinski definition) is 2. The van der Waals surface area contributed by atoms with E-state index in [4.69, 9.17) is 5.73 Å². The van der Waals surface area contributed by atoms with E-state index in [2.05, 4.69) is 53.5 Å². The number of rotatable bonds is 1. The molecule has 0 atom stereocenters. The third-order valence-corrected chi connectivity index (χ3v) is 3.68. The minimum absolute atomic E-state index is 0.426. The summed E-state index contributed by atoms with van der Waals surface area (Å²) >= 11 is 2.29. The molecule has 0 aliphatic carbocycles. The van der Waals surface area contributed by atoms with Crippen molar-refractivity contribution >= 4 is 34.0 Å². The Kier molecular flexibility index (Phi) is 2.83. The fourth-order valence-electron chi connectivity index (χ4n) is 2.13. The lowest BCUT2D eigenvalue weighted by atomic mass is 9.93. The zero-order valence-corrected chi connectivity index (χ0v) is 11.4. The van der Waals surface area contributed by atoms with Crippen molar-refractivity contribution in [3.63, 3.8) is 0 Å². The van der Waals surface area contributed by atoms with Crippen LogP contribution in [0.2, 0.25) is 0 Å². The molecule has 1 aliphatic heterocycles. The van der Waals surface area contributed by atoms with Gasteiger partial charge in [0.25, 0.3) is 0 Å². The first-order valence-electron chi connectivity index (χ1n) is 5.28. The number of anilines is 2. The molecule has 1 aromatic carbocycles. The van der Waals surface area contributed by atoms with Gasteiger partial charge in [0.2, 0.25) is 0 Å². The number of benzene rings is 1. The predicted molar refractivity (Wildman–Crippen MR) is 74.2 cm³/mol. The Morgan fingerprint density at radius 1 is 1.40 bits per heavy atom. The lowest BCUT2D eigenvalue weighted by molar-refractivity contribution is 0.418. The van der Waals surface area contributed by atoms with Gasteiger partial charge in [-0.25, -0.2) is 0 Å². The van der Waals surface area contributed by atoms with Crippen molar-refractivity contribution in [2.45, 2.75) is 20.3 Å². The molecule has 0 spiro atoms. The summed E-state index contributed by atoms with van der Waals surface area (Å²) in [4.78, 5) is 2.39. The van der Waals surface area contributed by atoms with Gasteiger partial charge in [-0.15, -0.1) is 0 Å². The number of nitrogens with two attached hydrogens (primary N) is 1. The van der Waals surface area contributed by atoms with Crippen molar-refractivity contribution in [1.82, 2.24) is 0 Å². The van der Waals surface area contributed by atoms with Gasteiger partial charge in [0.05, 0.1) is 11.4 Å². The van der Waals surface area contributed by atoms with Gasteiger partial charge in [-0.05, 0) is 52.6 Å². The van der Waals surface area contributed by atoms with Crippen LogP contribution in [0.5, 0.6) is 0 Å². The quantitative estimate of drug-likeness (QED) is 0.637. The molecule has 0 saturated carbocycles. The third-order valence-electron chi connectivity index (χ3n) is 3.01. The van der Waals surface area contributed by atoms with Crippen LogP contribution in [0.3, 0.4) is 0 Å². The highest BCUT2D eigenvalue weighted by molar-refractivity contribution is 14.1. The van der Waals surface area contributed by atoms with E-state index < -0.39 is 0 Å². The van der Waals surface area contributed by atoms with Crippen LogP contribution in [-0.4, -0.2) is 13.1 Å². The molecule has 0 radical (unpaired) electrons. The van der Waals surface area contributed by atoms with Gasteiger partial charge >= 0.3 is 0 Å². The number of nitrogens with zero attached hydrogens (tertiary/aromatic N) is 1. The van der Waals surface area contributed by atoms with E-state index in [0.29, 0.717) is 5.41 Å². The van der Waals surface area contributed by atoms with Crippen molar-refractivity contribution < 1.29 is 0 Å². The van der Waals surface area contributed by atoms with Crippen molar-refractivity contribution in [2.24, 2.45) is 5.41 Å².